The molecule has 4 aromatic rings. The van der Waals surface area contributed by atoms with Gasteiger partial charge in [-0.15, -0.1) is 0 Å². The summed E-state index contributed by atoms with van der Waals surface area (Å²) in [6, 6.07) is 12.4. The SMILES string of the molecule is COc1cc(-c2nc(NC(=O)c3cc4ccccc4n3CC(=O)O)ncc2CC2CCCCC2)c(OC)cc1Cl. The highest BCUT2D eigenvalue weighted by atomic mass is 35.5. The van der Waals surface area contributed by atoms with E-state index in [0.29, 0.717) is 39.2 Å². The van der Waals surface area contributed by atoms with Gasteiger partial charge in [0, 0.05) is 28.7 Å². The zero-order valence-electron chi connectivity index (χ0n) is 22.4. The Morgan fingerprint density at radius 3 is 2.55 bits per heavy atom. The third-order valence-corrected chi connectivity index (χ3v) is 7.68. The molecule has 1 aliphatic carbocycles. The van der Waals surface area contributed by atoms with E-state index in [1.807, 2.05) is 12.1 Å². The lowest BCUT2D eigenvalue weighted by molar-refractivity contribution is -0.137. The molecule has 0 aliphatic heterocycles. The number of benzene rings is 2. The Hall–Kier alpha value is -4.11. The average molecular weight is 563 g/mol. The van der Waals surface area contributed by atoms with Crippen molar-refractivity contribution >= 4 is 40.3 Å². The summed E-state index contributed by atoms with van der Waals surface area (Å²) < 4.78 is 12.6. The molecule has 1 amide bonds. The summed E-state index contributed by atoms with van der Waals surface area (Å²) in [6.45, 7) is -0.357. The molecule has 0 atom stereocenters. The van der Waals surface area contributed by atoms with Crippen LogP contribution in [-0.2, 0) is 17.8 Å². The number of anilines is 1. The number of hydrogen-bond acceptors (Lipinski definition) is 6. The summed E-state index contributed by atoms with van der Waals surface area (Å²) >= 11 is 6.38. The van der Waals surface area contributed by atoms with Crippen LogP contribution >= 0.6 is 11.6 Å². The largest absolute Gasteiger partial charge is 0.496 e. The molecule has 0 bridgehead atoms. The summed E-state index contributed by atoms with van der Waals surface area (Å²) in [5.74, 6) is 0.0459. The van der Waals surface area contributed by atoms with Crippen LogP contribution < -0.4 is 14.8 Å². The number of methoxy groups -OCH3 is 2. The molecule has 2 aromatic heterocycles. The molecular formula is C30H31ClN4O5. The molecule has 9 nitrogen and oxygen atoms in total. The van der Waals surface area contributed by atoms with Gasteiger partial charge in [0.25, 0.3) is 5.91 Å². The Morgan fingerprint density at radius 1 is 1.07 bits per heavy atom. The summed E-state index contributed by atoms with van der Waals surface area (Å²) in [5.41, 5.74) is 3.08. The lowest BCUT2D eigenvalue weighted by Crippen LogP contribution is -2.21. The molecule has 0 unspecified atom stereocenters. The second kappa shape index (κ2) is 12.0. The van der Waals surface area contributed by atoms with Gasteiger partial charge in [-0.3, -0.25) is 14.9 Å². The van der Waals surface area contributed by atoms with E-state index >= 15 is 0 Å². The van der Waals surface area contributed by atoms with Crippen molar-refractivity contribution < 1.29 is 24.2 Å². The van der Waals surface area contributed by atoms with E-state index in [9.17, 15) is 14.7 Å². The first-order chi connectivity index (χ1) is 19.4. The maximum Gasteiger partial charge on any atom is 0.323 e. The molecule has 0 spiro atoms. The summed E-state index contributed by atoms with van der Waals surface area (Å²) in [5, 5.41) is 13.4. The van der Waals surface area contributed by atoms with Crippen molar-refractivity contribution in [3.63, 3.8) is 0 Å². The predicted octanol–water partition coefficient (Wildman–Crippen LogP) is 6.23. The topological polar surface area (TPSA) is 116 Å². The van der Waals surface area contributed by atoms with E-state index in [2.05, 4.69) is 10.3 Å². The summed E-state index contributed by atoms with van der Waals surface area (Å²) in [4.78, 5) is 34.3. The minimum absolute atomic E-state index is 0.0931. The van der Waals surface area contributed by atoms with E-state index in [-0.39, 0.29) is 18.2 Å². The number of hydrogen-bond donors (Lipinski definition) is 2. The van der Waals surface area contributed by atoms with Crippen molar-refractivity contribution in [2.75, 3.05) is 19.5 Å². The molecule has 2 heterocycles. The van der Waals surface area contributed by atoms with Gasteiger partial charge in [-0.05, 0) is 36.1 Å². The van der Waals surface area contributed by atoms with Crippen LogP contribution in [0.25, 0.3) is 22.2 Å². The number of nitrogens with zero attached hydrogens (tertiary/aromatic N) is 3. The predicted molar refractivity (Wildman–Crippen MR) is 153 cm³/mol. The number of carboxylic acid groups (broad SMARTS) is 1. The number of amides is 1. The molecule has 40 heavy (non-hydrogen) atoms. The van der Waals surface area contributed by atoms with Gasteiger partial charge < -0.3 is 19.1 Å². The van der Waals surface area contributed by atoms with E-state index in [1.54, 1.807) is 50.7 Å². The molecule has 1 aliphatic rings. The molecule has 2 N–H and O–H groups in total. The smallest absolute Gasteiger partial charge is 0.323 e. The number of aliphatic carboxylic acids is 1. The van der Waals surface area contributed by atoms with Gasteiger partial charge in [0.2, 0.25) is 5.95 Å². The Morgan fingerprint density at radius 2 is 1.82 bits per heavy atom. The van der Waals surface area contributed by atoms with Crippen LogP contribution in [0.1, 0.15) is 48.2 Å². The number of nitrogens with one attached hydrogen (secondary N) is 1. The van der Waals surface area contributed by atoms with Gasteiger partial charge in [0.05, 0.1) is 24.9 Å². The number of carbonyl (C=O) groups excluding carboxylic acids is 1. The zero-order chi connectivity index (χ0) is 28.2. The van der Waals surface area contributed by atoms with Crippen LogP contribution in [0, 0.1) is 5.92 Å². The standard InChI is InChI=1S/C30H31ClN4O5/c1-39-25-15-22(31)26(40-2)14-21(25)28-20(12-18-8-4-3-5-9-18)16-32-30(33-28)34-29(38)24-13-19-10-6-7-11-23(19)35(24)17-27(36)37/h6-7,10-11,13-16,18H,3-5,8-9,12,17H2,1-2H3,(H,36,37)(H,32,33,34,38). The fourth-order valence-corrected chi connectivity index (χ4v) is 5.70. The van der Waals surface area contributed by atoms with E-state index in [4.69, 9.17) is 26.1 Å². The van der Waals surface area contributed by atoms with Crippen molar-refractivity contribution in [3.05, 3.63) is 64.9 Å². The number of ether oxygens (including phenoxy) is 2. The first kappa shape index (κ1) is 27.5. The molecule has 10 heteroatoms. The second-order valence-corrected chi connectivity index (χ2v) is 10.4. The third kappa shape index (κ3) is 5.74. The minimum Gasteiger partial charge on any atom is -0.496 e. The number of carboxylic acids is 1. The number of para-hydroxylation sites is 1. The Labute approximate surface area is 237 Å². The lowest BCUT2D eigenvalue weighted by Gasteiger charge is -2.23. The maximum absolute atomic E-state index is 13.4. The fraction of sp³-hybridized carbons (Fsp3) is 0.333. The summed E-state index contributed by atoms with van der Waals surface area (Å²) in [6.07, 6.45) is 8.51. The van der Waals surface area contributed by atoms with Crippen LogP contribution in [0.2, 0.25) is 5.02 Å². The number of aromatic nitrogens is 3. The zero-order valence-corrected chi connectivity index (χ0v) is 23.2. The minimum atomic E-state index is -1.05. The molecule has 208 valence electrons. The number of carbonyl (C=O) groups is 2. The van der Waals surface area contributed by atoms with Crippen LogP contribution in [0.5, 0.6) is 11.5 Å². The van der Waals surface area contributed by atoms with Crippen LogP contribution in [0.4, 0.5) is 5.95 Å². The number of rotatable bonds is 9. The number of halogens is 1. The van der Waals surface area contributed by atoms with E-state index < -0.39 is 11.9 Å². The Kier molecular flexibility index (Phi) is 8.21. The van der Waals surface area contributed by atoms with Gasteiger partial charge in [0.15, 0.2) is 0 Å². The first-order valence-corrected chi connectivity index (χ1v) is 13.6. The van der Waals surface area contributed by atoms with Gasteiger partial charge >= 0.3 is 5.97 Å². The monoisotopic (exact) mass is 562 g/mol. The second-order valence-electron chi connectivity index (χ2n) is 9.99. The van der Waals surface area contributed by atoms with Crippen molar-refractivity contribution in [1.29, 1.82) is 0 Å². The van der Waals surface area contributed by atoms with Gasteiger partial charge in [-0.1, -0.05) is 61.9 Å². The molecule has 1 saturated carbocycles. The molecular weight excluding hydrogens is 532 g/mol. The van der Waals surface area contributed by atoms with Gasteiger partial charge in [-0.25, -0.2) is 9.97 Å². The van der Waals surface area contributed by atoms with Crippen molar-refractivity contribution in [3.8, 4) is 22.8 Å². The summed E-state index contributed by atoms with van der Waals surface area (Å²) in [7, 11) is 3.11. The van der Waals surface area contributed by atoms with Crippen molar-refractivity contribution in [2.45, 2.75) is 45.1 Å². The van der Waals surface area contributed by atoms with E-state index in [0.717, 1.165) is 30.2 Å². The molecule has 1 fully saturated rings. The normalized spacial score (nSPS) is 13.8. The Balaban J connectivity index is 1.55. The highest BCUT2D eigenvalue weighted by molar-refractivity contribution is 6.32. The maximum atomic E-state index is 13.4. The van der Waals surface area contributed by atoms with Crippen molar-refractivity contribution in [2.24, 2.45) is 5.92 Å². The molecule has 2 aromatic carbocycles. The third-order valence-electron chi connectivity index (χ3n) is 7.39. The molecule has 0 radical (unpaired) electrons. The fourth-order valence-electron chi connectivity index (χ4n) is 5.47. The first-order valence-electron chi connectivity index (χ1n) is 13.3. The highest BCUT2D eigenvalue weighted by Crippen LogP contribution is 2.40. The molecule has 5 rings (SSSR count). The van der Waals surface area contributed by atoms with Gasteiger partial charge in [-0.2, -0.15) is 0 Å². The quantitative estimate of drug-likeness (QED) is 0.248. The highest BCUT2D eigenvalue weighted by Gasteiger charge is 2.23. The van der Waals surface area contributed by atoms with Crippen molar-refractivity contribution in [1.82, 2.24) is 14.5 Å². The molecule has 0 saturated heterocycles. The van der Waals surface area contributed by atoms with Crippen LogP contribution in [0.15, 0.2) is 48.7 Å². The van der Waals surface area contributed by atoms with Crippen LogP contribution in [0.3, 0.4) is 0 Å². The number of fused-ring (bicyclic) bond motifs is 1. The lowest BCUT2D eigenvalue weighted by atomic mass is 9.84. The Bertz CT molecular complexity index is 1560. The van der Waals surface area contributed by atoms with Gasteiger partial charge in [0.1, 0.15) is 23.7 Å². The average Bonchev–Trinajstić information content (AvgIpc) is 3.32. The van der Waals surface area contributed by atoms with E-state index in [1.165, 1.54) is 23.8 Å². The van der Waals surface area contributed by atoms with Crippen LogP contribution in [-0.4, -0.2) is 45.7 Å².